The summed E-state index contributed by atoms with van der Waals surface area (Å²) in [4.78, 5) is 12.3. The van der Waals surface area contributed by atoms with E-state index in [0.29, 0.717) is 29.7 Å². The lowest BCUT2D eigenvalue weighted by Crippen LogP contribution is -2.20. The smallest absolute Gasteiger partial charge is 0.244 e. The van der Waals surface area contributed by atoms with Crippen LogP contribution in [0.1, 0.15) is 29.3 Å². The van der Waals surface area contributed by atoms with Crippen molar-refractivity contribution in [3.05, 3.63) is 80.6 Å². The van der Waals surface area contributed by atoms with Crippen LogP contribution in [0.5, 0.6) is 11.5 Å². The minimum Gasteiger partial charge on any atom is -0.496 e. The molecule has 0 aliphatic rings. The maximum Gasteiger partial charge on any atom is 0.244 e. The summed E-state index contributed by atoms with van der Waals surface area (Å²) in [5.74, 6) is 1.21. The zero-order chi connectivity index (χ0) is 23.1. The maximum absolute atomic E-state index is 12.3. The zero-order valence-corrected chi connectivity index (χ0v) is 20.5. The fourth-order valence-electron chi connectivity index (χ4n) is 3.07. The Balaban J connectivity index is 1.63. The van der Waals surface area contributed by atoms with Crippen LogP contribution in [-0.2, 0) is 24.5 Å². The first-order valence-electron chi connectivity index (χ1n) is 10.1. The van der Waals surface area contributed by atoms with E-state index in [2.05, 4.69) is 26.3 Å². The summed E-state index contributed by atoms with van der Waals surface area (Å²) in [6.07, 6.45) is 5.23. The van der Waals surface area contributed by atoms with E-state index < -0.39 is 0 Å². The molecule has 1 aromatic heterocycles. The Morgan fingerprint density at radius 2 is 2.00 bits per heavy atom. The molecular weight excluding hydrogens is 494 g/mol. The second kappa shape index (κ2) is 11.2. The number of benzene rings is 2. The van der Waals surface area contributed by atoms with Gasteiger partial charge in [-0.3, -0.25) is 9.48 Å². The van der Waals surface area contributed by atoms with Crippen LogP contribution < -0.4 is 14.8 Å². The topological polar surface area (TPSA) is 65.4 Å². The average Bonchev–Trinajstić information content (AvgIpc) is 3.15. The van der Waals surface area contributed by atoms with Gasteiger partial charge in [0.15, 0.2) is 0 Å². The Kier molecular flexibility index (Phi) is 8.36. The minimum absolute atomic E-state index is 0.174. The molecule has 0 spiro atoms. The number of nitrogens with one attached hydrogen (secondary N) is 1. The number of aromatic nitrogens is 2. The molecule has 0 fully saturated rings. The van der Waals surface area contributed by atoms with Crippen molar-refractivity contribution in [2.45, 2.75) is 33.5 Å². The first-order chi connectivity index (χ1) is 15.4. The lowest BCUT2D eigenvalue weighted by Gasteiger charge is -2.12. The Morgan fingerprint density at radius 3 is 2.69 bits per heavy atom. The highest BCUT2D eigenvalue weighted by molar-refractivity contribution is 9.10. The van der Waals surface area contributed by atoms with Gasteiger partial charge in [0.05, 0.1) is 17.3 Å². The molecule has 0 aliphatic carbocycles. The number of nitrogens with zero attached hydrogens (tertiary/aromatic N) is 2. The summed E-state index contributed by atoms with van der Waals surface area (Å²) >= 11 is 9.44. The van der Waals surface area contributed by atoms with Crippen molar-refractivity contribution in [1.82, 2.24) is 15.1 Å². The van der Waals surface area contributed by atoms with Crippen LogP contribution >= 0.6 is 27.5 Å². The van der Waals surface area contributed by atoms with Gasteiger partial charge in [-0.05, 0) is 71.7 Å². The van der Waals surface area contributed by atoms with Crippen molar-refractivity contribution >= 4 is 39.5 Å². The second-order valence-electron chi connectivity index (χ2n) is 7.08. The lowest BCUT2D eigenvalue weighted by atomic mass is 10.1. The second-order valence-corrected chi connectivity index (χ2v) is 8.37. The van der Waals surface area contributed by atoms with Gasteiger partial charge in [-0.25, -0.2) is 0 Å². The van der Waals surface area contributed by atoms with Crippen molar-refractivity contribution in [1.29, 1.82) is 0 Å². The molecule has 2 aromatic carbocycles. The fraction of sp³-hybridized carbons (Fsp3) is 0.250. The molecule has 1 N–H and O–H groups in total. The van der Waals surface area contributed by atoms with Crippen LogP contribution in [0.2, 0.25) is 5.02 Å². The van der Waals surface area contributed by atoms with E-state index >= 15 is 0 Å². The summed E-state index contributed by atoms with van der Waals surface area (Å²) in [5.41, 5.74) is 3.65. The lowest BCUT2D eigenvalue weighted by molar-refractivity contribution is -0.116. The molecule has 0 saturated carbocycles. The molecule has 0 atom stereocenters. The van der Waals surface area contributed by atoms with E-state index in [1.807, 2.05) is 42.9 Å². The number of carbonyl (C=O) groups excluding carboxylic acids is 1. The van der Waals surface area contributed by atoms with E-state index in [0.717, 1.165) is 33.4 Å². The summed E-state index contributed by atoms with van der Waals surface area (Å²) in [5, 5.41) is 7.91. The molecule has 0 saturated heterocycles. The number of hydrogen-bond donors (Lipinski definition) is 1. The predicted octanol–water partition coefficient (Wildman–Crippen LogP) is 5.54. The molecule has 1 amide bonds. The molecule has 168 valence electrons. The zero-order valence-electron chi connectivity index (χ0n) is 18.2. The third-order valence-corrected chi connectivity index (χ3v) is 5.69. The molecule has 32 heavy (non-hydrogen) atoms. The molecule has 1 heterocycles. The van der Waals surface area contributed by atoms with Crippen molar-refractivity contribution < 1.29 is 14.3 Å². The summed E-state index contributed by atoms with van der Waals surface area (Å²) in [6, 6.07) is 11.0. The van der Waals surface area contributed by atoms with Crippen LogP contribution in [0, 0.1) is 6.92 Å². The maximum atomic E-state index is 12.3. The number of ether oxygens (including phenoxy) is 2. The quantitative estimate of drug-likeness (QED) is 0.378. The molecule has 0 unspecified atom stereocenters. The highest BCUT2D eigenvalue weighted by Gasteiger charge is 2.08. The van der Waals surface area contributed by atoms with E-state index in [-0.39, 0.29) is 5.91 Å². The van der Waals surface area contributed by atoms with Gasteiger partial charge in [0.1, 0.15) is 18.1 Å². The predicted molar refractivity (Wildman–Crippen MR) is 130 cm³/mol. The summed E-state index contributed by atoms with van der Waals surface area (Å²) < 4.78 is 14.0. The molecule has 0 bridgehead atoms. The minimum atomic E-state index is -0.174. The highest BCUT2D eigenvalue weighted by atomic mass is 79.9. The van der Waals surface area contributed by atoms with E-state index in [4.69, 9.17) is 21.1 Å². The molecule has 3 rings (SSSR count). The van der Waals surface area contributed by atoms with E-state index in [1.54, 1.807) is 31.4 Å². The SMILES string of the molecule is CCn1cc(CNC(=O)C=Cc2ccc(OC)c(COc3ccc(Cl)cc3Br)c2)c(C)n1. The highest BCUT2D eigenvalue weighted by Crippen LogP contribution is 2.30. The molecule has 6 nitrogen and oxygen atoms in total. The number of rotatable bonds is 9. The van der Waals surface area contributed by atoms with Crippen molar-refractivity contribution in [2.24, 2.45) is 0 Å². The van der Waals surface area contributed by atoms with Gasteiger partial charge in [0, 0.05) is 41.5 Å². The number of halogens is 2. The van der Waals surface area contributed by atoms with Gasteiger partial charge in [0.25, 0.3) is 0 Å². The Hall–Kier alpha value is -2.77. The third-order valence-electron chi connectivity index (χ3n) is 4.83. The van der Waals surface area contributed by atoms with Gasteiger partial charge in [-0.1, -0.05) is 17.7 Å². The van der Waals surface area contributed by atoms with Crippen LogP contribution in [0.3, 0.4) is 0 Å². The first-order valence-corrected chi connectivity index (χ1v) is 11.3. The van der Waals surface area contributed by atoms with Crippen LogP contribution in [0.15, 0.2) is 53.1 Å². The van der Waals surface area contributed by atoms with Gasteiger partial charge in [-0.2, -0.15) is 5.10 Å². The van der Waals surface area contributed by atoms with Crippen molar-refractivity contribution in [3.8, 4) is 11.5 Å². The first kappa shape index (κ1) is 23.9. The average molecular weight is 519 g/mol. The molecule has 3 aromatic rings. The van der Waals surface area contributed by atoms with Gasteiger partial charge in [-0.15, -0.1) is 0 Å². The monoisotopic (exact) mass is 517 g/mol. The third kappa shape index (κ3) is 6.37. The number of hydrogen-bond acceptors (Lipinski definition) is 4. The molecule has 8 heteroatoms. The van der Waals surface area contributed by atoms with Crippen molar-refractivity contribution in [3.63, 3.8) is 0 Å². The van der Waals surface area contributed by atoms with Crippen molar-refractivity contribution in [2.75, 3.05) is 7.11 Å². The fourth-order valence-corrected chi connectivity index (χ4v) is 3.87. The van der Waals surface area contributed by atoms with Gasteiger partial charge in [0.2, 0.25) is 5.91 Å². The molecular formula is C24H25BrClN3O3. The normalized spacial score (nSPS) is 11.0. The van der Waals surface area contributed by atoms with E-state index in [9.17, 15) is 4.79 Å². The summed E-state index contributed by atoms with van der Waals surface area (Å²) in [6.45, 7) is 5.50. The number of carbonyl (C=O) groups is 1. The summed E-state index contributed by atoms with van der Waals surface area (Å²) in [7, 11) is 1.61. The Bertz CT molecular complexity index is 1130. The van der Waals surface area contributed by atoms with Crippen LogP contribution in [-0.4, -0.2) is 22.8 Å². The Morgan fingerprint density at radius 1 is 1.22 bits per heavy atom. The van der Waals surface area contributed by atoms with Crippen LogP contribution in [0.25, 0.3) is 6.08 Å². The molecule has 0 aliphatic heterocycles. The number of aryl methyl sites for hydroxylation is 2. The largest absolute Gasteiger partial charge is 0.496 e. The number of methoxy groups -OCH3 is 1. The standard InChI is InChI=1S/C24H25BrClN3O3/c1-4-29-14-19(16(2)28-29)13-27-24(30)10-6-17-5-8-22(31-3)18(11-17)15-32-23-9-7-20(26)12-21(23)25/h5-12,14H,4,13,15H2,1-3H3,(H,27,30). The van der Waals surface area contributed by atoms with Gasteiger partial charge < -0.3 is 14.8 Å². The molecule has 0 radical (unpaired) electrons. The van der Waals surface area contributed by atoms with E-state index in [1.165, 1.54) is 6.08 Å². The number of amides is 1. The Labute approximate surface area is 201 Å². The van der Waals surface area contributed by atoms with Crippen LogP contribution in [0.4, 0.5) is 0 Å². The van der Waals surface area contributed by atoms with Gasteiger partial charge >= 0.3 is 0 Å².